The largest absolute Gasteiger partial charge is 0.453 e. The molecule has 4 N–H and O–H groups in total. The van der Waals surface area contributed by atoms with Crippen LogP contribution in [-0.2, 0) is 27.2 Å². The third kappa shape index (κ3) is 7.08. The van der Waals surface area contributed by atoms with Crippen LogP contribution < -0.4 is 16.0 Å². The predicted octanol–water partition coefficient (Wildman–Crippen LogP) is 4.28. The molecule has 4 heterocycles. The number of nitrogens with one attached hydrogen (secondary N) is 4. The number of aromatic amines is 1. The number of hydrogen-bond donors (Lipinski definition) is 4. The van der Waals surface area contributed by atoms with Gasteiger partial charge in [0.25, 0.3) is 0 Å². The van der Waals surface area contributed by atoms with Gasteiger partial charge in [-0.3, -0.25) is 19.9 Å². The van der Waals surface area contributed by atoms with Crippen molar-refractivity contribution in [3.8, 4) is 16.9 Å². The van der Waals surface area contributed by atoms with Crippen molar-refractivity contribution in [1.29, 1.82) is 0 Å². The molecule has 0 spiro atoms. The zero-order chi connectivity index (χ0) is 32.0. The monoisotopic (exact) mass is 638 g/mol. The molecular formula is C31H27ClN10O4. The summed E-state index contributed by atoms with van der Waals surface area (Å²) in [6.07, 6.45) is 6.37. The Morgan fingerprint density at radius 1 is 1.11 bits per heavy atom. The number of pyridine rings is 1. The van der Waals surface area contributed by atoms with Crippen molar-refractivity contribution < 1.29 is 19.1 Å². The van der Waals surface area contributed by atoms with Gasteiger partial charge in [0.05, 0.1) is 36.4 Å². The number of rotatable bonds is 5. The summed E-state index contributed by atoms with van der Waals surface area (Å²) in [5.41, 5.74) is 4.84. The third-order valence-electron chi connectivity index (χ3n) is 7.14. The lowest BCUT2D eigenvalue weighted by atomic mass is 10.1. The molecule has 2 aromatic carbocycles. The van der Waals surface area contributed by atoms with E-state index in [1.165, 1.54) is 24.2 Å². The number of ether oxygens (including phenoxy) is 1. The molecule has 6 rings (SSSR count). The first kappa shape index (κ1) is 30.1. The summed E-state index contributed by atoms with van der Waals surface area (Å²) in [6.45, 7) is 0. The second kappa shape index (κ2) is 13.4. The van der Waals surface area contributed by atoms with Crippen molar-refractivity contribution in [3.63, 3.8) is 0 Å². The van der Waals surface area contributed by atoms with Crippen LogP contribution in [0.1, 0.15) is 35.2 Å². The Bertz CT molecular complexity index is 1940. The Morgan fingerprint density at radius 2 is 1.98 bits per heavy atom. The van der Waals surface area contributed by atoms with Crippen LogP contribution in [0.5, 0.6) is 0 Å². The minimum Gasteiger partial charge on any atom is -0.453 e. The van der Waals surface area contributed by atoms with E-state index in [9.17, 15) is 14.4 Å². The van der Waals surface area contributed by atoms with Gasteiger partial charge in [0.1, 0.15) is 12.2 Å². The molecule has 15 heteroatoms. The topological polar surface area (TPSA) is 182 Å². The number of benzene rings is 2. The molecule has 46 heavy (non-hydrogen) atoms. The maximum Gasteiger partial charge on any atom is 0.411 e. The third-order valence-corrected chi connectivity index (χ3v) is 7.38. The Kier molecular flexibility index (Phi) is 8.78. The average Bonchev–Trinajstić information content (AvgIpc) is 3.76. The molecule has 5 aromatic rings. The molecule has 232 valence electrons. The first-order valence-electron chi connectivity index (χ1n) is 14.1. The number of amides is 3. The van der Waals surface area contributed by atoms with Crippen LogP contribution in [0, 0.1) is 0 Å². The first-order chi connectivity index (χ1) is 22.3. The zero-order valence-electron chi connectivity index (χ0n) is 24.4. The van der Waals surface area contributed by atoms with Crippen molar-refractivity contribution in [1.82, 2.24) is 40.5 Å². The fourth-order valence-electron chi connectivity index (χ4n) is 4.97. The predicted molar refractivity (Wildman–Crippen MR) is 169 cm³/mol. The molecule has 1 aliphatic rings. The molecule has 4 bridgehead atoms. The number of aryl methyl sites for hydroxylation is 1. The average molecular weight is 639 g/mol. The highest BCUT2D eigenvalue weighted by atomic mass is 35.5. The Morgan fingerprint density at radius 3 is 2.80 bits per heavy atom. The molecule has 0 unspecified atom stereocenters. The molecule has 3 aromatic heterocycles. The normalized spacial score (nSPS) is 14.6. The van der Waals surface area contributed by atoms with Gasteiger partial charge in [0.15, 0.2) is 0 Å². The van der Waals surface area contributed by atoms with Crippen molar-refractivity contribution in [2.45, 2.75) is 25.3 Å². The number of carbonyl (C=O) groups excluding carboxylic acids is 3. The van der Waals surface area contributed by atoms with Gasteiger partial charge in [-0.25, -0.2) is 9.78 Å². The minimum absolute atomic E-state index is 0.180. The van der Waals surface area contributed by atoms with Gasteiger partial charge in [0, 0.05) is 52.1 Å². The van der Waals surface area contributed by atoms with Crippen molar-refractivity contribution >= 4 is 47.0 Å². The van der Waals surface area contributed by atoms with E-state index in [1.54, 1.807) is 48.7 Å². The molecule has 0 radical (unpaired) electrons. The second-order valence-corrected chi connectivity index (χ2v) is 10.7. The van der Waals surface area contributed by atoms with Crippen LogP contribution in [0.4, 0.5) is 16.2 Å². The molecule has 0 aliphatic carbocycles. The number of tetrazole rings is 1. The number of hydrogen-bond acceptors (Lipinski definition) is 9. The molecule has 0 saturated heterocycles. The highest BCUT2D eigenvalue weighted by Gasteiger charge is 2.21. The Hall–Kier alpha value is -5.89. The van der Waals surface area contributed by atoms with Gasteiger partial charge in [-0.1, -0.05) is 17.7 Å². The van der Waals surface area contributed by atoms with Gasteiger partial charge in [-0.2, -0.15) is 4.68 Å². The molecule has 1 atom stereocenters. The van der Waals surface area contributed by atoms with Crippen LogP contribution in [0.25, 0.3) is 23.0 Å². The fourth-order valence-corrected chi connectivity index (χ4v) is 5.15. The van der Waals surface area contributed by atoms with Crippen LogP contribution in [0.15, 0.2) is 73.2 Å². The number of anilines is 2. The lowest BCUT2D eigenvalue weighted by Crippen LogP contribution is -2.29. The SMILES string of the molecule is COC(=O)Nc1ccc2c(c1)NC(=O)CCc1cccc(n1)C[C@H](NC(=O)C=Cc1cc(Cl)ccc1-n1cnnn1)c1ncc-2[nH]1. The maximum absolute atomic E-state index is 13.3. The maximum atomic E-state index is 13.3. The number of aromatic nitrogens is 7. The number of carbonyl (C=O) groups is 3. The summed E-state index contributed by atoms with van der Waals surface area (Å²) in [6, 6.07) is 15.2. The van der Waals surface area contributed by atoms with E-state index in [4.69, 9.17) is 21.3 Å². The lowest BCUT2D eigenvalue weighted by molar-refractivity contribution is -0.117. The fraction of sp³-hybridized carbons (Fsp3) is 0.161. The van der Waals surface area contributed by atoms with Crippen LogP contribution in [0.3, 0.4) is 0 Å². The summed E-state index contributed by atoms with van der Waals surface area (Å²) < 4.78 is 6.18. The number of methoxy groups -OCH3 is 1. The van der Waals surface area contributed by atoms with Gasteiger partial charge < -0.3 is 20.4 Å². The van der Waals surface area contributed by atoms with Crippen LogP contribution in [0.2, 0.25) is 5.02 Å². The second-order valence-electron chi connectivity index (χ2n) is 10.3. The lowest BCUT2D eigenvalue weighted by Gasteiger charge is -2.17. The van der Waals surface area contributed by atoms with E-state index >= 15 is 0 Å². The summed E-state index contributed by atoms with van der Waals surface area (Å²) in [5.74, 6) is -0.124. The highest BCUT2D eigenvalue weighted by molar-refractivity contribution is 6.30. The standard InChI is InChI=1S/C31H27ClN10O4/c1-46-31(45)36-22-7-9-23-24(14-22)37-29(44)12-8-20-3-2-4-21(35-20)15-25(30-33-16-26(23)39-30)38-28(43)11-5-18-13-19(32)6-10-27(18)42-17-34-40-41-42/h2-7,9-11,13-14,16-17,25H,8,12,15H2,1H3,(H,33,39)(H,36,45)(H,37,44)(H,38,43)/t25-/m0/s1. The van der Waals surface area contributed by atoms with Gasteiger partial charge in [0.2, 0.25) is 11.8 Å². The Labute approximate surface area is 267 Å². The van der Waals surface area contributed by atoms with Gasteiger partial charge in [-0.15, -0.1) is 5.10 Å². The molecule has 3 amide bonds. The summed E-state index contributed by atoms with van der Waals surface area (Å²) in [7, 11) is 1.27. The van der Waals surface area contributed by atoms with E-state index in [0.29, 0.717) is 57.6 Å². The van der Waals surface area contributed by atoms with E-state index in [1.807, 2.05) is 18.2 Å². The molecule has 1 aliphatic heterocycles. The van der Waals surface area contributed by atoms with Crippen molar-refractivity contribution in [2.24, 2.45) is 0 Å². The number of halogens is 1. The van der Waals surface area contributed by atoms with E-state index in [0.717, 1.165) is 11.4 Å². The minimum atomic E-state index is -0.642. The van der Waals surface area contributed by atoms with E-state index in [2.05, 4.69) is 41.4 Å². The van der Waals surface area contributed by atoms with E-state index < -0.39 is 12.1 Å². The molecular weight excluding hydrogens is 612 g/mol. The van der Waals surface area contributed by atoms with E-state index in [-0.39, 0.29) is 18.2 Å². The number of H-pyrrole nitrogens is 1. The number of imidazole rings is 1. The van der Waals surface area contributed by atoms with Crippen molar-refractivity contribution in [3.05, 3.63) is 101 Å². The van der Waals surface area contributed by atoms with Crippen LogP contribution in [-0.4, -0.2) is 60.2 Å². The smallest absolute Gasteiger partial charge is 0.411 e. The first-order valence-corrected chi connectivity index (χ1v) is 14.5. The molecule has 0 fully saturated rings. The molecule has 0 saturated carbocycles. The summed E-state index contributed by atoms with van der Waals surface area (Å²) in [5, 5.41) is 20.4. The number of fused-ring (bicyclic) bond motifs is 6. The van der Waals surface area contributed by atoms with Gasteiger partial charge >= 0.3 is 6.09 Å². The van der Waals surface area contributed by atoms with Gasteiger partial charge in [-0.05, 0) is 71.5 Å². The highest BCUT2D eigenvalue weighted by Crippen LogP contribution is 2.31. The summed E-state index contributed by atoms with van der Waals surface area (Å²) in [4.78, 5) is 50.7. The quantitative estimate of drug-likeness (QED) is 0.204. The van der Waals surface area contributed by atoms with Crippen LogP contribution >= 0.6 is 11.6 Å². The van der Waals surface area contributed by atoms with Crippen molar-refractivity contribution in [2.75, 3.05) is 17.7 Å². The number of nitrogens with zero attached hydrogens (tertiary/aromatic N) is 6. The molecule has 14 nitrogen and oxygen atoms in total. The summed E-state index contributed by atoms with van der Waals surface area (Å²) >= 11 is 6.24. The zero-order valence-corrected chi connectivity index (χ0v) is 25.2. The Balaban J connectivity index is 1.33.